The van der Waals surface area contributed by atoms with E-state index in [0.717, 1.165) is 5.56 Å². The molecule has 1 heterocycles. The molecule has 196 valence electrons. The monoisotopic (exact) mass is 544 g/mol. The summed E-state index contributed by atoms with van der Waals surface area (Å²) in [7, 11) is 1.55. The topological polar surface area (TPSA) is 94.6 Å². The third kappa shape index (κ3) is 6.34. The van der Waals surface area contributed by atoms with E-state index >= 15 is 0 Å². The molecule has 0 atom stereocenters. The highest BCUT2D eigenvalue weighted by Gasteiger charge is 2.14. The van der Waals surface area contributed by atoms with E-state index in [4.69, 9.17) is 25.8 Å². The first-order valence-electron chi connectivity index (χ1n) is 11.8. The van der Waals surface area contributed by atoms with E-state index < -0.39 is 11.8 Å². The van der Waals surface area contributed by atoms with Gasteiger partial charge in [-0.05, 0) is 48.0 Å². The number of urea groups is 1. The first-order chi connectivity index (χ1) is 19.0. The zero-order valence-corrected chi connectivity index (χ0v) is 21.4. The number of rotatable bonds is 8. The van der Waals surface area contributed by atoms with Crippen molar-refractivity contribution in [2.75, 3.05) is 17.7 Å². The number of anilines is 2. The molecule has 2 N–H and O–H groups in total. The molecule has 1 aromatic heterocycles. The lowest BCUT2D eigenvalue weighted by Gasteiger charge is -2.14. The summed E-state index contributed by atoms with van der Waals surface area (Å²) in [6, 6.07) is 23.0. The minimum atomic E-state index is -0.531. The Morgan fingerprint density at radius 3 is 2.46 bits per heavy atom. The number of methoxy groups -OCH3 is 1. The van der Waals surface area contributed by atoms with Gasteiger partial charge in [0.25, 0.3) is 0 Å². The van der Waals surface area contributed by atoms with Gasteiger partial charge in [0.2, 0.25) is 5.88 Å². The molecule has 0 saturated heterocycles. The number of carbonyl (C=O) groups excluding carboxylic acids is 1. The molecule has 0 fully saturated rings. The van der Waals surface area contributed by atoms with Crippen LogP contribution in [-0.4, -0.2) is 23.1 Å². The number of fused-ring (bicyclic) bond motifs is 1. The Morgan fingerprint density at radius 1 is 0.923 bits per heavy atom. The molecular weight excluding hydrogens is 523 g/mol. The zero-order chi connectivity index (χ0) is 27.2. The van der Waals surface area contributed by atoms with Crippen LogP contribution >= 0.6 is 11.6 Å². The fourth-order valence-corrected chi connectivity index (χ4v) is 3.94. The maximum absolute atomic E-state index is 13.1. The van der Waals surface area contributed by atoms with Crippen LogP contribution in [0.4, 0.5) is 20.6 Å². The lowest BCUT2D eigenvalue weighted by Crippen LogP contribution is -2.19. The molecule has 0 unspecified atom stereocenters. The Kier molecular flexibility index (Phi) is 7.70. The van der Waals surface area contributed by atoms with Gasteiger partial charge in [0.1, 0.15) is 24.5 Å². The van der Waals surface area contributed by atoms with E-state index in [2.05, 4.69) is 20.6 Å². The maximum atomic E-state index is 13.1. The van der Waals surface area contributed by atoms with Crippen LogP contribution in [0.3, 0.4) is 0 Å². The van der Waals surface area contributed by atoms with E-state index in [-0.39, 0.29) is 5.02 Å². The van der Waals surface area contributed by atoms with Crippen LogP contribution in [-0.2, 0) is 6.61 Å². The Labute approximate surface area is 228 Å². The Balaban J connectivity index is 1.31. The fraction of sp³-hybridized carbons (Fsp3) is 0.0690. The van der Waals surface area contributed by atoms with Crippen LogP contribution < -0.4 is 24.8 Å². The molecule has 0 spiro atoms. The second kappa shape index (κ2) is 11.7. The van der Waals surface area contributed by atoms with E-state index in [1.165, 1.54) is 30.6 Å². The highest BCUT2D eigenvalue weighted by Crippen LogP contribution is 2.37. The summed E-state index contributed by atoms with van der Waals surface area (Å²) in [5, 5.41) is 6.11. The lowest BCUT2D eigenvalue weighted by molar-refractivity contribution is 0.262. The van der Waals surface area contributed by atoms with Crippen LogP contribution in [0, 0.1) is 5.82 Å². The number of carbonyl (C=O) groups is 1. The van der Waals surface area contributed by atoms with Crippen molar-refractivity contribution in [2.45, 2.75) is 6.61 Å². The van der Waals surface area contributed by atoms with Crippen LogP contribution in [0.2, 0.25) is 5.02 Å². The van der Waals surface area contributed by atoms with Gasteiger partial charge in [0.05, 0.1) is 28.7 Å². The molecule has 0 aliphatic heterocycles. The molecular formula is C29H22ClFN4O4. The summed E-state index contributed by atoms with van der Waals surface area (Å²) >= 11 is 6.39. The van der Waals surface area contributed by atoms with Crippen molar-refractivity contribution < 1.29 is 23.4 Å². The number of nitrogens with zero attached hydrogens (tertiary/aromatic N) is 2. The molecule has 5 rings (SSSR count). The highest BCUT2D eigenvalue weighted by molar-refractivity contribution is 6.34. The van der Waals surface area contributed by atoms with Gasteiger partial charge in [-0.15, -0.1) is 0 Å². The smallest absolute Gasteiger partial charge is 0.323 e. The quantitative estimate of drug-likeness (QED) is 0.211. The molecule has 8 nitrogen and oxygen atoms in total. The van der Waals surface area contributed by atoms with Crippen molar-refractivity contribution in [3.63, 3.8) is 0 Å². The number of aromatic nitrogens is 2. The van der Waals surface area contributed by atoms with Crippen molar-refractivity contribution in [1.82, 2.24) is 9.97 Å². The molecule has 10 heteroatoms. The van der Waals surface area contributed by atoms with E-state index in [1.807, 2.05) is 30.3 Å². The average molecular weight is 545 g/mol. The van der Waals surface area contributed by atoms with Crippen molar-refractivity contribution in [2.24, 2.45) is 0 Å². The van der Waals surface area contributed by atoms with Crippen molar-refractivity contribution >= 4 is 39.9 Å². The van der Waals surface area contributed by atoms with Gasteiger partial charge in [-0.25, -0.2) is 19.2 Å². The molecule has 0 radical (unpaired) electrons. The number of hydrogen-bond donors (Lipinski definition) is 2. The SMILES string of the molecule is COc1cc2c(Oc3ccc(NC(=O)Nc4ccc(F)cc4)c(Cl)c3)ncnc2cc1OCc1ccccc1. The predicted molar refractivity (Wildman–Crippen MR) is 147 cm³/mol. The number of ether oxygens (including phenoxy) is 3. The number of halogens is 2. The van der Waals surface area contributed by atoms with Crippen molar-refractivity contribution in [3.8, 4) is 23.1 Å². The van der Waals surface area contributed by atoms with Crippen LogP contribution in [0.5, 0.6) is 23.1 Å². The minimum absolute atomic E-state index is 0.245. The minimum Gasteiger partial charge on any atom is -0.493 e. The van der Waals surface area contributed by atoms with Gasteiger partial charge in [-0.3, -0.25) is 0 Å². The van der Waals surface area contributed by atoms with Gasteiger partial charge in [0, 0.05) is 17.8 Å². The van der Waals surface area contributed by atoms with Gasteiger partial charge in [-0.1, -0.05) is 41.9 Å². The first-order valence-corrected chi connectivity index (χ1v) is 12.2. The Morgan fingerprint density at radius 2 is 1.72 bits per heavy atom. The second-order valence-electron chi connectivity index (χ2n) is 8.30. The van der Waals surface area contributed by atoms with Crippen molar-refractivity contribution in [3.05, 3.63) is 108 Å². The highest BCUT2D eigenvalue weighted by atomic mass is 35.5. The third-order valence-electron chi connectivity index (χ3n) is 5.63. The summed E-state index contributed by atoms with van der Waals surface area (Å²) in [6.45, 7) is 0.373. The summed E-state index contributed by atoms with van der Waals surface area (Å²) in [6.07, 6.45) is 1.39. The van der Waals surface area contributed by atoms with Gasteiger partial charge < -0.3 is 24.8 Å². The summed E-state index contributed by atoms with van der Waals surface area (Å²) in [4.78, 5) is 20.9. The van der Waals surface area contributed by atoms with Crippen LogP contribution in [0.1, 0.15) is 5.56 Å². The Bertz CT molecular complexity index is 1620. The molecule has 4 aromatic carbocycles. The van der Waals surface area contributed by atoms with E-state index in [0.29, 0.717) is 52.0 Å². The summed E-state index contributed by atoms with van der Waals surface area (Å²) in [5.41, 5.74) is 2.42. The fourth-order valence-electron chi connectivity index (χ4n) is 3.72. The van der Waals surface area contributed by atoms with Gasteiger partial charge >= 0.3 is 6.03 Å². The van der Waals surface area contributed by atoms with Crippen LogP contribution in [0.15, 0.2) is 91.3 Å². The molecule has 2 amide bonds. The molecule has 0 saturated carbocycles. The number of amides is 2. The normalized spacial score (nSPS) is 10.6. The zero-order valence-electron chi connectivity index (χ0n) is 20.7. The van der Waals surface area contributed by atoms with Crippen LogP contribution in [0.25, 0.3) is 10.9 Å². The summed E-state index contributed by atoms with van der Waals surface area (Å²) in [5.74, 6) is 1.33. The summed E-state index contributed by atoms with van der Waals surface area (Å²) < 4.78 is 30.6. The number of hydrogen-bond acceptors (Lipinski definition) is 6. The second-order valence-corrected chi connectivity index (χ2v) is 8.71. The van der Waals surface area contributed by atoms with Crippen molar-refractivity contribution in [1.29, 1.82) is 0 Å². The standard InChI is InChI=1S/C29H22ClFN4O4/c1-37-26-14-22-25(15-27(26)38-16-18-5-3-2-4-6-18)32-17-33-28(22)39-21-11-12-24(23(30)13-21)35-29(36)34-20-9-7-19(31)8-10-20/h2-15,17H,16H2,1H3,(H2,34,35,36). The molecule has 0 aliphatic carbocycles. The Hall–Kier alpha value is -4.89. The largest absolute Gasteiger partial charge is 0.493 e. The molecule has 0 bridgehead atoms. The average Bonchev–Trinajstić information content (AvgIpc) is 2.95. The van der Waals surface area contributed by atoms with Gasteiger partial charge in [0.15, 0.2) is 11.5 Å². The third-order valence-corrected chi connectivity index (χ3v) is 5.94. The number of benzene rings is 4. The van der Waals surface area contributed by atoms with E-state index in [9.17, 15) is 9.18 Å². The molecule has 5 aromatic rings. The van der Waals surface area contributed by atoms with Gasteiger partial charge in [-0.2, -0.15) is 0 Å². The lowest BCUT2D eigenvalue weighted by atomic mass is 10.2. The molecule has 0 aliphatic rings. The molecule has 39 heavy (non-hydrogen) atoms. The van der Waals surface area contributed by atoms with E-state index in [1.54, 1.807) is 37.4 Å². The maximum Gasteiger partial charge on any atom is 0.323 e. The predicted octanol–water partition coefficient (Wildman–Crippen LogP) is 7.45. The number of nitrogens with one attached hydrogen (secondary N) is 2. The first kappa shape index (κ1) is 25.7.